The minimum absolute atomic E-state index is 0.168. The van der Waals surface area contributed by atoms with Gasteiger partial charge in [0.05, 0.1) is 31.6 Å². The van der Waals surface area contributed by atoms with Gasteiger partial charge in [0.25, 0.3) is 0 Å². The average molecular weight is 283 g/mol. The Kier molecular flexibility index (Phi) is 5.68. The Labute approximate surface area is 120 Å². The van der Waals surface area contributed by atoms with E-state index in [0.717, 1.165) is 5.69 Å². The Bertz CT molecular complexity index is 447. The molecule has 6 heteroatoms. The van der Waals surface area contributed by atoms with E-state index in [9.17, 15) is 4.79 Å². The van der Waals surface area contributed by atoms with Crippen LogP contribution in [-0.2, 0) is 21.4 Å². The fourth-order valence-electron chi connectivity index (χ4n) is 1.92. The van der Waals surface area contributed by atoms with Crippen LogP contribution < -0.4 is 0 Å². The molecule has 0 fully saturated rings. The van der Waals surface area contributed by atoms with Gasteiger partial charge in [-0.25, -0.2) is 9.48 Å². The van der Waals surface area contributed by atoms with Gasteiger partial charge in [-0.05, 0) is 20.8 Å². The highest BCUT2D eigenvalue weighted by Crippen LogP contribution is 2.25. The monoisotopic (exact) mass is 283 g/mol. The summed E-state index contributed by atoms with van der Waals surface area (Å²) in [5.74, 6) is -0.423. The zero-order valence-electron chi connectivity index (χ0n) is 13.3. The minimum atomic E-state index is -0.423. The van der Waals surface area contributed by atoms with E-state index in [1.54, 1.807) is 11.6 Å². The minimum Gasteiger partial charge on any atom is -0.461 e. The summed E-state index contributed by atoms with van der Waals surface area (Å²) in [7, 11) is 0. The molecule has 20 heavy (non-hydrogen) atoms. The zero-order valence-corrected chi connectivity index (χ0v) is 13.3. The molecule has 0 aliphatic heterocycles. The van der Waals surface area contributed by atoms with Crippen LogP contribution >= 0.6 is 0 Å². The summed E-state index contributed by atoms with van der Waals surface area (Å²) < 4.78 is 12.3. The van der Waals surface area contributed by atoms with Crippen molar-refractivity contribution in [1.82, 2.24) is 15.0 Å². The van der Waals surface area contributed by atoms with E-state index in [2.05, 4.69) is 10.3 Å². The summed E-state index contributed by atoms with van der Waals surface area (Å²) >= 11 is 0. The number of esters is 1. The Morgan fingerprint density at radius 1 is 1.35 bits per heavy atom. The third-order valence-electron chi connectivity index (χ3n) is 2.67. The number of aromatic nitrogens is 3. The van der Waals surface area contributed by atoms with Gasteiger partial charge in [0, 0.05) is 5.41 Å². The maximum atomic E-state index is 11.9. The molecule has 1 rings (SSSR count). The van der Waals surface area contributed by atoms with Gasteiger partial charge in [-0.1, -0.05) is 26.0 Å². The van der Waals surface area contributed by atoms with Crippen molar-refractivity contribution in [3.05, 3.63) is 11.4 Å². The van der Waals surface area contributed by atoms with Crippen LogP contribution in [0.1, 0.15) is 57.7 Å². The molecule has 0 spiro atoms. The van der Waals surface area contributed by atoms with Crippen molar-refractivity contribution in [3.63, 3.8) is 0 Å². The molecule has 0 radical (unpaired) electrons. The van der Waals surface area contributed by atoms with Gasteiger partial charge in [-0.2, -0.15) is 0 Å². The fraction of sp³-hybridized carbons (Fsp3) is 0.786. The third-order valence-corrected chi connectivity index (χ3v) is 2.67. The van der Waals surface area contributed by atoms with Crippen LogP contribution in [0.3, 0.4) is 0 Å². The van der Waals surface area contributed by atoms with E-state index in [4.69, 9.17) is 9.47 Å². The molecule has 0 saturated heterocycles. The average Bonchev–Trinajstić information content (AvgIpc) is 2.72. The lowest BCUT2D eigenvalue weighted by Crippen LogP contribution is -2.24. The Morgan fingerprint density at radius 3 is 2.50 bits per heavy atom. The molecule has 0 N–H and O–H groups in total. The lowest BCUT2D eigenvalue weighted by Gasteiger charge is -2.21. The predicted octanol–water partition coefficient (Wildman–Crippen LogP) is 2.18. The number of hydrogen-bond donors (Lipinski definition) is 0. The Morgan fingerprint density at radius 2 is 2.00 bits per heavy atom. The molecule has 1 heterocycles. The normalized spacial score (nSPS) is 11.9. The number of carbonyl (C=O) groups is 1. The molecule has 114 valence electrons. The van der Waals surface area contributed by atoms with Gasteiger partial charge < -0.3 is 9.47 Å². The smallest absolute Gasteiger partial charge is 0.360 e. The number of nitrogens with zero attached hydrogens (tertiary/aromatic N) is 3. The summed E-state index contributed by atoms with van der Waals surface area (Å²) in [6, 6.07) is 0. The molecule has 0 aliphatic carbocycles. The van der Waals surface area contributed by atoms with Gasteiger partial charge in [-0.15, -0.1) is 5.10 Å². The zero-order chi connectivity index (χ0) is 15.3. The first-order valence-electron chi connectivity index (χ1n) is 7.00. The van der Waals surface area contributed by atoms with Gasteiger partial charge in [0.15, 0.2) is 5.69 Å². The van der Waals surface area contributed by atoms with Crippen LogP contribution in [0.4, 0.5) is 0 Å². The largest absolute Gasteiger partial charge is 0.461 e. The highest BCUT2D eigenvalue weighted by atomic mass is 16.5. The van der Waals surface area contributed by atoms with Crippen molar-refractivity contribution in [3.8, 4) is 0 Å². The molecule has 0 aromatic carbocycles. The standard InChI is InChI=1S/C14H25N3O3/c1-7-19-13(18)11-12(14(4,5)6)17(16-15-11)8-9-20-10(2)3/h10H,7-9H2,1-6H3. The summed E-state index contributed by atoms with van der Waals surface area (Å²) in [5.41, 5.74) is 0.830. The van der Waals surface area contributed by atoms with Crippen LogP contribution in [0.25, 0.3) is 0 Å². The molecule has 0 aliphatic rings. The molecule has 0 unspecified atom stereocenters. The van der Waals surface area contributed by atoms with Gasteiger partial charge in [0.1, 0.15) is 0 Å². The van der Waals surface area contributed by atoms with Crippen LogP contribution in [0, 0.1) is 0 Å². The topological polar surface area (TPSA) is 66.2 Å². The highest BCUT2D eigenvalue weighted by Gasteiger charge is 2.29. The number of ether oxygens (including phenoxy) is 2. The van der Waals surface area contributed by atoms with Gasteiger partial charge in [0.2, 0.25) is 0 Å². The first kappa shape index (κ1) is 16.6. The Balaban J connectivity index is 2.98. The van der Waals surface area contributed by atoms with Crippen LogP contribution in [0.2, 0.25) is 0 Å². The lowest BCUT2D eigenvalue weighted by atomic mass is 9.90. The SMILES string of the molecule is CCOC(=O)c1nnn(CCOC(C)C)c1C(C)(C)C. The van der Waals surface area contributed by atoms with Crippen LogP contribution in [0.15, 0.2) is 0 Å². The first-order chi connectivity index (χ1) is 9.27. The van der Waals surface area contributed by atoms with E-state index in [-0.39, 0.29) is 11.5 Å². The van der Waals surface area contributed by atoms with E-state index in [1.165, 1.54) is 0 Å². The van der Waals surface area contributed by atoms with Crippen LogP contribution in [0.5, 0.6) is 0 Å². The van der Waals surface area contributed by atoms with E-state index in [0.29, 0.717) is 25.5 Å². The van der Waals surface area contributed by atoms with E-state index >= 15 is 0 Å². The maximum absolute atomic E-state index is 11.9. The van der Waals surface area contributed by atoms with Gasteiger partial charge >= 0.3 is 5.97 Å². The molecule has 0 amide bonds. The van der Waals surface area contributed by atoms with Crippen molar-refractivity contribution in [1.29, 1.82) is 0 Å². The van der Waals surface area contributed by atoms with Crippen molar-refractivity contribution in [2.45, 2.75) is 59.6 Å². The molecule has 6 nitrogen and oxygen atoms in total. The fourth-order valence-corrected chi connectivity index (χ4v) is 1.92. The first-order valence-corrected chi connectivity index (χ1v) is 7.00. The lowest BCUT2D eigenvalue weighted by molar-refractivity contribution is 0.0515. The molecular weight excluding hydrogens is 258 g/mol. The molecular formula is C14H25N3O3. The van der Waals surface area contributed by atoms with Gasteiger partial charge in [-0.3, -0.25) is 0 Å². The maximum Gasteiger partial charge on any atom is 0.360 e. The summed E-state index contributed by atoms with van der Waals surface area (Å²) in [6.07, 6.45) is 0.168. The van der Waals surface area contributed by atoms with Crippen molar-refractivity contribution < 1.29 is 14.3 Å². The van der Waals surface area contributed by atoms with Crippen LogP contribution in [-0.4, -0.2) is 40.3 Å². The van der Waals surface area contributed by atoms with E-state index in [1.807, 2.05) is 34.6 Å². The number of rotatable bonds is 6. The molecule has 0 bridgehead atoms. The molecule has 0 atom stereocenters. The second-order valence-corrected chi connectivity index (χ2v) is 5.90. The highest BCUT2D eigenvalue weighted by molar-refractivity contribution is 5.88. The third kappa shape index (κ3) is 4.30. The second kappa shape index (κ2) is 6.83. The number of hydrogen-bond acceptors (Lipinski definition) is 5. The predicted molar refractivity (Wildman–Crippen MR) is 75.8 cm³/mol. The quantitative estimate of drug-likeness (QED) is 0.749. The summed E-state index contributed by atoms with van der Waals surface area (Å²) in [6.45, 7) is 13.2. The summed E-state index contributed by atoms with van der Waals surface area (Å²) in [5, 5.41) is 8.05. The van der Waals surface area contributed by atoms with Crippen molar-refractivity contribution >= 4 is 5.97 Å². The van der Waals surface area contributed by atoms with E-state index < -0.39 is 5.97 Å². The summed E-state index contributed by atoms with van der Waals surface area (Å²) in [4.78, 5) is 11.9. The molecule has 1 aromatic heterocycles. The molecule has 1 aromatic rings. The van der Waals surface area contributed by atoms with Crippen molar-refractivity contribution in [2.75, 3.05) is 13.2 Å². The number of carbonyl (C=O) groups excluding carboxylic acids is 1. The Hall–Kier alpha value is -1.43. The second-order valence-electron chi connectivity index (χ2n) is 5.90. The van der Waals surface area contributed by atoms with Crippen molar-refractivity contribution in [2.24, 2.45) is 0 Å². The molecule has 0 saturated carbocycles.